The first-order chi connectivity index (χ1) is 5.62. The molecular formula is C11H23N. The van der Waals surface area contributed by atoms with Gasteiger partial charge in [0, 0.05) is 0 Å². The molecule has 1 fully saturated rings. The third-order valence-electron chi connectivity index (χ3n) is 3.64. The van der Waals surface area contributed by atoms with Crippen molar-refractivity contribution in [3.63, 3.8) is 0 Å². The normalized spacial score (nSPS) is 34.2. The zero-order chi connectivity index (χ0) is 9.19. The minimum Gasteiger partial charge on any atom is -0.307 e. The topological polar surface area (TPSA) is 3.24 Å². The van der Waals surface area contributed by atoms with Crippen LogP contribution in [0.15, 0.2) is 0 Å². The minimum absolute atomic E-state index is 0.707. The smallest absolute Gasteiger partial charge is 0.00166 e. The summed E-state index contributed by atoms with van der Waals surface area (Å²) in [4.78, 5) is 2.41. The molecule has 0 saturated heterocycles. The van der Waals surface area contributed by atoms with E-state index in [9.17, 15) is 0 Å². The van der Waals surface area contributed by atoms with Gasteiger partial charge < -0.3 is 4.90 Å². The van der Waals surface area contributed by atoms with Gasteiger partial charge in [0.05, 0.1) is 0 Å². The quantitative estimate of drug-likeness (QED) is 0.611. The Morgan fingerprint density at radius 2 is 2.08 bits per heavy atom. The summed E-state index contributed by atoms with van der Waals surface area (Å²) in [6.07, 6.45) is 4.25. The average molecular weight is 169 g/mol. The van der Waals surface area contributed by atoms with Crippen LogP contribution in [-0.4, -0.2) is 25.0 Å². The SMILES string of the molecule is CCC1CC1(C)CCN(C)CC. The molecule has 1 heteroatoms. The van der Waals surface area contributed by atoms with Crippen LogP contribution < -0.4 is 0 Å². The molecule has 0 aromatic rings. The number of hydrogen-bond donors (Lipinski definition) is 0. The molecule has 1 aliphatic rings. The van der Waals surface area contributed by atoms with Crippen LogP contribution in [0.4, 0.5) is 0 Å². The molecule has 0 N–H and O–H groups in total. The van der Waals surface area contributed by atoms with Crippen LogP contribution in [0.3, 0.4) is 0 Å². The van der Waals surface area contributed by atoms with Crippen LogP contribution in [0.2, 0.25) is 0 Å². The number of hydrogen-bond acceptors (Lipinski definition) is 1. The molecule has 72 valence electrons. The molecule has 0 bridgehead atoms. The van der Waals surface area contributed by atoms with Crippen LogP contribution in [-0.2, 0) is 0 Å². The van der Waals surface area contributed by atoms with Gasteiger partial charge in [0.15, 0.2) is 0 Å². The summed E-state index contributed by atoms with van der Waals surface area (Å²) in [7, 11) is 2.21. The van der Waals surface area contributed by atoms with Crippen LogP contribution in [0.5, 0.6) is 0 Å². The lowest BCUT2D eigenvalue weighted by Crippen LogP contribution is -2.21. The highest BCUT2D eigenvalue weighted by Crippen LogP contribution is 2.56. The van der Waals surface area contributed by atoms with Gasteiger partial charge in [0.1, 0.15) is 0 Å². The molecule has 0 aromatic carbocycles. The predicted molar refractivity (Wildman–Crippen MR) is 54.3 cm³/mol. The average Bonchev–Trinajstić information content (AvgIpc) is 2.74. The van der Waals surface area contributed by atoms with E-state index < -0.39 is 0 Å². The Morgan fingerprint density at radius 1 is 1.42 bits per heavy atom. The summed E-state index contributed by atoms with van der Waals surface area (Å²) >= 11 is 0. The van der Waals surface area contributed by atoms with E-state index in [0.717, 1.165) is 5.92 Å². The van der Waals surface area contributed by atoms with Gasteiger partial charge in [-0.25, -0.2) is 0 Å². The maximum Gasteiger partial charge on any atom is -0.00166 e. The molecule has 2 atom stereocenters. The lowest BCUT2D eigenvalue weighted by atomic mass is 10.0. The predicted octanol–water partition coefficient (Wildman–Crippen LogP) is 2.76. The molecule has 2 unspecified atom stereocenters. The van der Waals surface area contributed by atoms with E-state index in [1.165, 1.54) is 32.4 Å². The van der Waals surface area contributed by atoms with Crippen molar-refractivity contribution in [2.24, 2.45) is 11.3 Å². The number of nitrogens with zero attached hydrogens (tertiary/aromatic N) is 1. The van der Waals surface area contributed by atoms with Crippen molar-refractivity contribution in [3.05, 3.63) is 0 Å². The van der Waals surface area contributed by atoms with E-state index in [1.807, 2.05) is 0 Å². The zero-order valence-electron chi connectivity index (χ0n) is 9.06. The van der Waals surface area contributed by atoms with Crippen molar-refractivity contribution < 1.29 is 0 Å². The standard InChI is InChI=1S/C11H23N/c1-5-10-9-11(10,3)7-8-12(4)6-2/h10H,5-9H2,1-4H3. The molecule has 0 spiro atoms. The van der Waals surface area contributed by atoms with E-state index >= 15 is 0 Å². The van der Waals surface area contributed by atoms with E-state index in [4.69, 9.17) is 0 Å². The first kappa shape index (κ1) is 10.0. The monoisotopic (exact) mass is 169 g/mol. The second-order valence-corrected chi connectivity index (χ2v) is 4.61. The fourth-order valence-electron chi connectivity index (χ4n) is 2.05. The first-order valence-corrected chi connectivity index (χ1v) is 5.31. The molecule has 0 amide bonds. The van der Waals surface area contributed by atoms with Gasteiger partial charge in [0.25, 0.3) is 0 Å². The molecule has 0 aliphatic heterocycles. The first-order valence-electron chi connectivity index (χ1n) is 5.31. The van der Waals surface area contributed by atoms with Crippen molar-refractivity contribution in [2.45, 2.75) is 40.0 Å². The van der Waals surface area contributed by atoms with Crippen molar-refractivity contribution in [1.29, 1.82) is 0 Å². The molecule has 12 heavy (non-hydrogen) atoms. The van der Waals surface area contributed by atoms with Crippen molar-refractivity contribution in [3.8, 4) is 0 Å². The molecule has 1 aliphatic carbocycles. The fourth-order valence-corrected chi connectivity index (χ4v) is 2.05. The summed E-state index contributed by atoms with van der Waals surface area (Å²) in [6, 6.07) is 0. The highest BCUT2D eigenvalue weighted by Gasteiger charge is 2.47. The summed E-state index contributed by atoms with van der Waals surface area (Å²) in [6.45, 7) is 9.47. The van der Waals surface area contributed by atoms with Gasteiger partial charge in [0.2, 0.25) is 0 Å². The highest BCUT2D eigenvalue weighted by atomic mass is 15.1. The lowest BCUT2D eigenvalue weighted by molar-refractivity contribution is 0.302. The van der Waals surface area contributed by atoms with E-state index in [1.54, 1.807) is 0 Å². The molecular weight excluding hydrogens is 146 g/mol. The molecule has 1 saturated carbocycles. The van der Waals surface area contributed by atoms with Crippen LogP contribution in [0.1, 0.15) is 40.0 Å². The molecule has 1 rings (SSSR count). The Balaban J connectivity index is 2.16. The number of rotatable bonds is 5. The van der Waals surface area contributed by atoms with Gasteiger partial charge in [-0.05, 0) is 44.3 Å². The zero-order valence-corrected chi connectivity index (χ0v) is 9.06. The Bertz CT molecular complexity index is 144. The van der Waals surface area contributed by atoms with Gasteiger partial charge >= 0.3 is 0 Å². The van der Waals surface area contributed by atoms with E-state index in [2.05, 4.69) is 32.7 Å². The molecule has 0 aromatic heterocycles. The van der Waals surface area contributed by atoms with Crippen LogP contribution >= 0.6 is 0 Å². The Hall–Kier alpha value is -0.0400. The summed E-state index contributed by atoms with van der Waals surface area (Å²) in [5.41, 5.74) is 0.707. The molecule has 0 heterocycles. The maximum absolute atomic E-state index is 2.45. The summed E-state index contributed by atoms with van der Waals surface area (Å²) < 4.78 is 0. The van der Waals surface area contributed by atoms with Crippen molar-refractivity contribution in [2.75, 3.05) is 20.1 Å². The van der Waals surface area contributed by atoms with E-state index in [0.29, 0.717) is 5.41 Å². The lowest BCUT2D eigenvalue weighted by Gasteiger charge is -2.17. The second kappa shape index (κ2) is 3.78. The largest absolute Gasteiger partial charge is 0.307 e. The molecule has 0 radical (unpaired) electrons. The van der Waals surface area contributed by atoms with Gasteiger partial charge in [-0.15, -0.1) is 0 Å². The Morgan fingerprint density at radius 3 is 2.50 bits per heavy atom. The van der Waals surface area contributed by atoms with Crippen LogP contribution in [0.25, 0.3) is 0 Å². The van der Waals surface area contributed by atoms with Gasteiger partial charge in [-0.2, -0.15) is 0 Å². The van der Waals surface area contributed by atoms with Gasteiger partial charge in [-0.1, -0.05) is 27.2 Å². The van der Waals surface area contributed by atoms with Gasteiger partial charge in [-0.3, -0.25) is 0 Å². The van der Waals surface area contributed by atoms with Crippen molar-refractivity contribution in [1.82, 2.24) is 4.90 Å². The fraction of sp³-hybridized carbons (Fsp3) is 1.00. The van der Waals surface area contributed by atoms with Crippen LogP contribution in [0, 0.1) is 11.3 Å². The Labute approximate surface area is 77.1 Å². The maximum atomic E-state index is 2.45. The third kappa shape index (κ3) is 2.22. The molecule has 1 nitrogen and oxygen atoms in total. The highest BCUT2D eigenvalue weighted by molar-refractivity contribution is 4.97. The Kier molecular flexibility index (Phi) is 3.16. The van der Waals surface area contributed by atoms with E-state index in [-0.39, 0.29) is 0 Å². The third-order valence-corrected chi connectivity index (χ3v) is 3.64. The minimum atomic E-state index is 0.707. The summed E-state index contributed by atoms with van der Waals surface area (Å²) in [5.74, 6) is 1.03. The van der Waals surface area contributed by atoms with Crippen molar-refractivity contribution >= 4 is 0 Å². The second-order valence-electron chi connectivity index (χ2n) is 4.61. The summed E-state index contributed by atoms with van der Waals surface area (Å²) in [5, 5.41) is 0.